The molecule has 0 amide bonds. The molecule has 5 rings (SSSR count). The van der Waals surface area contributed by atoms with Gasteiger partial charge in [0, 0.05) is 58.6 Å². The fourth-order valence-corrected chi connectivity index (χ4v) is 6.07. The molecule has 4 nitrogen and oxygen atoms in total. The summed E-state index contributed by atoms with van der Waals surface area (Å²) in [4.78, 5) is 5.09. The fraction of sp³-hybridized carbons (Fsp3) is 0.375. The lowest BCUT2D eigenvalue weighted by Crippen LogP contribution is -2.29. The van der Waals surface area contributed by atoms with E-state index in [1.165, 1.54) is 33.4 Å². The molecule has 2 heterocycles. The Morgan fingerprint density at radius 2 is 1.76 bits per heavy atom. The van der Waals surface area contributed by atoms with E-state index in [9.17, 15) is 0 Å². The number of rotatable bonds is 10. The Labute approximate surface area is 226 Å². The molecule has 3 aromatic carbocycles. The van der Waals surface area contributed by atoms with Crippen molar-refractivity contribution in [2.75, 3.05) is 37.7 Å². The van der Waals surface area contributed by atoms with E-state index in [0.29, 0.717) is 6.61 Å². The standard InChI is InChI=1S/C32H38ClN3O/c1-4-34(5-2)20-21-36-29-18-17-25(33)22-28(29)31(24-12-8-7-9-13-24)32(36)30-16-11-19-35(30)26-14-10-15-27(23-26)37-6-3/h7-10,12-15,17-18,22-23,30H,4-6,11,16,19-21H2,1-3H3. The molecule has 0 radical (unpaired) electrons. The summed E-state index contributed by atoms with van der Waals surface area (Å²) in [5, 5.41) is 2.02. The zero-order valence-corrected chi connectivity index (χ0v) is 23.0. The SMILES string of the molecule is CCOc1cccc(N2CCCC2c2c(-c3ccccc3)c3cc(Cl)ccc3n2CCN(CC)CC)c1. The number of nitrogens with zero attached hydrogens (tertiary/aromatic N) is 3. The molecule has 5 heteroatoms. The van der Waals surface area contributed by atoms with Crippen LogP contribution in [0.25, 0.3) is 22.0 Å². The summed E-state index contributed by atoms with van der Waals surface area (Å²) in [6.07, 6.45) is 2.28. The van der Waals surface area contributed by atoms with Gasteiger partial charge in [-0.25, -0.2) is 0 Å². The Balaban J connectivity index is 1.70. The third-order valence-electron chi connectivity index (χ3n) is 7.69. The van der Waals surface area contributed by atoms with Gasteiger partial charge in [0.1, 0.15) is 5.75 Å². The highest BCUT2D eigenvalue weighted by Crippen LogP contribution is 2.46. The lowest BCUT2D eigenvalue weighted by molar-refractivity contribution is 0.290. The highest BCUT2D eigenvalue weighted by atomic mass is 35.5. The number of benzene rings is 3. The van der Waals surface area contributed by atoms with E-state index < -0.39 is 0 Å². The van der Waals surface area contributed by atoms with Crippen molar-refractivity contribution in [1.29, 1.82) is 0 Å². The van der Waals surface area contributed by atoms with Crippen LogP contribution in [0.15, 0.2) is 72.8 Å². The van der Waals surface area contributed by atoms with Gasteiger partial charge < -0.3 is 19.1 Å². The molecule has 194 valence electrons. The van der Waals surface area contributed by atoms with Crippen LogP contribution in [-0.2, 0) is 6.54 Å². The quantitative estimate of drug-likeness (QED) is 0.213. The molecule has 0 bridgehead atoms. The van der Waals surface area contributed by atoms with E-state index in [-0.39, 0.29) is 6.04 Å². The van der Waals surface area contributed by atoms with Crippen LogP contribution in [0.4, 0.5) is 5.69 Å². The summed E-state index contributed by atoms with van der Waals surface area (Å²) in [5.74, 6) is 0.933. The Bertz CT molecular complexity index is 1330. The maximum Gasteiger partial charge on any atom is 0.121 e. The zero-order chi connectivity index (χ0) is 25.8. The molecular formula is C32H38ClN3O. The normalized spacial score (nSPS) is 15.7. The minimum atomic E-state index is 0.273. The van der Waals surface area contributed by atoms with Gasteiger partial charge in [0.2, 0.25) is 0 Å². The number of anilines is 1. The van der Waals surface area contributed by atoms with Gasteiger partial charge in [0.25, 0.3) is 0 Å². The van der Waals surface area contributed by atoms with Crippen LogP contribution in [0.5, 0.6) is 5.75 Å². The topological polar surface area (TPSA) is 20.6 Å². The molecule has 0 aliphatic carbocycles. The van der Waals surface area contributed by atoms with Crippen molar-refractivity contribution >= 4 is 28.2 Å². The molecule has 1 unspecified atom stereocenters. The van der Waals surface area contributed by atoms with Crippen LogP contribution in [0, 0.1) is 0 Å². The monoisotopic (exact) mass is 515 g/mol. The van der Waals surface area contributed by atoms with Gasteiger partial charge in [0.15, 0.2) is 0 Å². The number of halogens is 1. The van der Waals surface area contributed by atoms with E-state index in [4.69, 9.17) is 16.3 Å². The molecule has 1 aliphatic heterocycles. The molecule has 4 aromatic rings. The Morgan fingerprint density at radius 3 is 2.51 bits per heavy atom. The molecule has 0 N–H and O–H groups in total. The lowest BCUT2D eigenvalue weighted by Gasteiger charge is -2.30. The van der Waals surface area contributed by atoms with Crippen molar-refractivity contribution in [2.24, 2.45) is 0 Å². The summed E-state index contributed by atoms with van der Waals surface area (Å²) >= 11 is 6.60. The van der Waals surface area contributed by atoms with E-state index >= 15 is 0 Å². The minimum absolute atomic E-state index is 0.273. The molecule has 1 saturated heterocycles. The summed E-state index contributed by atoms with van der Waals surface area (Å²) in [6.45, 7) is 12.3. The summed E-state index contributed by atoms with van der Waals surface area (Å²) in [5.41, 5.74) is 6.46. The second kappa shape index (κ2) is 11.6. The van der Waals surface area contributed by atoms with Gasteiger partial charge in [-0.2, -0.15) is 0 Å². The van der Waals surface area contributed by atoms with Crippen LogP contribution in [0.2, 0.25) is 5.02 Å². The molecule has 0 spiro atoms. The maximum absolute atomic E-state index is 6.60. The van der Waals surface area contributed by atoms with Crippen molar-refractivity contribution in [3.63, 3.8) is 0 Å². The van der Waals surface area contributed by atoms with Gasteiger partial charge >= 0.3 is 0 Å². The Morgan fingerprint density at radius 1 is 0.946 bits per heavy atom. The van der Waals surface area contributed by atoms with Crippen LogP contribution in [0.3, 0.4) is 0 Å². The van der Waals surface area contributed by atoms with Gasteiger partial charge in [0.05, 0.1) is 12.6 Å². The van der Waals surface area contributed by atoms with Gasteiger partial charge in [-0.1, -0.05) is 61.8 Å². The molecule has 1 atom stereocenters. The number of aromatic nitrogens is 1. The number of hydrogen-bond acceptors (Lipinski definition) is 3. The molecular weight excluding hydrogens is 478 g/mol. The van der Waals surface area contributed by atoms with Gasteiger partial charge in [-0.05, 0) is 68.8 Å². The first-order valence-corrected chi connectivity index (χ1v) is 14.1. The first kappa shape index (κ1) is 25.7. The lowest BCUT2D eigenvalue weighted by atomic mass is 9.97. The fourth-order valence-electron chi connectivity index (χ4n) is 5.90. The Hall–Kier alpha value is -2.95. The molecule has 1 aliphatic rings. The number of hydrogen-bond donors (Lipinski definition) is 0. The third kappa shape index (κ3) is 5.23. The third-order valence-corrected chi connectivity index (χ3v) is 7.93. The summed E-state index contributed by atoms with van der Waals surface area (Å²) < 4.78 is 8.45. The van der Waals surface area contributed by atoms with E-state index in [1.807, 2.05) is 13.0 Å². The first-order chi connectivity index (χ1) is 18.1. The smallest absolute Gasteiger partial charge is 0.121 e. The predicted octanol–water partition coefficient (Wildman–Crippen LogP) is 8.04. The zero-order valence-electron chi connectivity index (χ0n) is 22.3. The molecule has 1 aromatic heterocycles. The average Bonchev–Trinajstić information content (AvgIpc) is 3.52. The number of ether oxygens (including phenoxy) is 1. The van der Waals surface area contributed by atoms with E-state index in [2.05, 4.69) is 94.9 Å². The molecule has 37 heavy (non-hydrogen) atoms. The summed E-state index contributed by atoms with van der Waals surface area (Å²) in [7, 11) is 0. The minimum Gasteiger partial charge on any atom is -0.494 e. The largest absolute Gasteiger partial charge is 0.494 e. The van der Waals surface area contributed by atoms with Crippen LogP contribution in [0.1, 0.15) is 45.3 Å². The number of likely N-dealkylation sites (N-methyl/N-ethyl adjacent to an activating group) is 1. The summed E-state index contributed by atoms with van der Waals surface area (Å²) in [6, 6.07) is 26.1. The van der Waals surface area contributed by atoms with E-state index in [0.717, 1.165) is 56.3 Å². The highest BCUT2D eigenvalue weighted by molar-refractivity contribution is 6.31. The number of fused-ring (bicyclic) bond motifs is 1. The van der Waals surface area contributed by atoms with Gasteiger partial charge in [-0.15, -0.1) is 0 Å². The van der Waals surface area contributed by atoms with E-state index in [1.54, 1.807) is 0 Å². The molecule has 0 saturated carbocycles. The van der Waals surface area contributed by atoms with Crippen molar-refractivity contribution in [1.82, 2.24) is 9.47 Å². The predicted molar refractivity (Wildman–Crippen MR) is 157 cm³/mol. The highest BCUT2D eigenvalue weighted by Gasteiger charge is 2.33. The van der Waals surface area contributed by atoms with Crippen molar-refractivity contribution in [3.8, 4) is 16.9 Å². The van der Waals surface area contributed by atoms with Crippen molar-refractivity contribution in [3.05, 3.63) is 83.5 Å². The van der Waals surface area contributed by atoms with Crippen molar-refractivity contribution in [2.45, 2.75) is 46.2 Å². The molecule has 1 fully saturated rings. The first-order valence-electron chi connectivity index (χ1n) is 13.7. The maximum atomic E-state index is 6.60. The second-order valence-corrected chi connectivity index (χ2v) is 10.2. The Kier molecular flexibility index (Phi) is 8.07. The van der Waals surface area contributed by atoms with Crippen LogP contribution in [-0.4, -0.2) is 42.3 Å². The van der Waals surface area contributed by atoms with Gasteiger partial charge in [-0.3, -0.25) is 0 Å². The average molecular weight is 516 g/mol. The second-order valence-electron chi connectivity index (χ2n) is 9.75. The van der Waals surface area contributed by atoms with Crippen molar-refractivity contribution < 1.29 is 4.74 Å². The van der Waals surface area contributed by atoms with Crippen LogP contribution >= 0.6 is 11.6 Å². The van der Waals surface area contributed by atoms with Crippen LogP contribution < -0.4 is 9.64 Å².